The third-order valence-corrected chi connectivity index (χ3v) is 3.38. The van der Waals surface area contributed by atoms with Crippen molar-refractivity contribution < 1.29 is 4.79 Å². The molecule has 1 nitrogen and oxygen atoms in total. The fourth-order valence-electron chi connectivity index (χ4n) is 2.21. The van der Waals surface area contributed by atoms with Crippen molar-refractivity contribution in [1.29, 1.82) is 0 Å². The monoisotopic (exact) mass is 168 g/mol. The van der Waals surface area contributed by atoms with Gasteiger partial charge in [-0.15, -0.1) is 0 Å². The molecule has 12 heavy (non-hydrogen) atoms. The molecule has 0 unspecified atom stereocenters. The highest BCUT2D eigenvalue weighted by atomic mass is 16.1. The number of rotatable bonds is 4. The minimum Gasteiger partial charge on any atom is -0.299 e. The summed E-state index contributed by atoms with van der Waals surface area (Å²) in [6.45, 7) is 6.46. The number of hydrogen-bond acceptors (Lipinski definition) is 1. The summed E-state index contributed by atoms with van der Waals surface area (Å²) in [5.41, 5.74) is 0.0933. The number of Topliss-reactive ketones (excluding diaryl/α,β-unsaturated/α-hetero) is 1. The molecule has 1 fully saturated rings. The highest BCUT2D eigenvalue weighted by Crippen LogP contribution is 2.48. The first-order valence-electron chi connectivity index (χ1n) is 5.17. The van der Waals surface area contributed by atoms with Crippen molar-refractivity contribution in [3.05, 3.63) is 0 Å². The molecule has 1 aliphatic rings. The van der Waals surface area contributed by atoms with Crippen LogP contribution in [0.4, 0.5) is 0 Å². The van der Waals surface area contributed by atoms with Gasteiger partial charge in [-0.25, -0.2) is 0 Å². The van der Waals surface area contributed by atoms with E-state index in [1.807, 2.05) is 0 Å². The van der Waals surface area contributed by atoms with E-state index in [9.17, 15) is 4.79 Å². The van der Waals surface area contributed by atoms with Gasteiger partial charge in [-0.2, -0.15) is 0 Å². The average Bonchev–Trinajstić information content (AvgIpc) is 1.83. The summed E-state index contributed by atoms with van der Waals surface area (Å²) < 4.78 is 0. The van der Waals surface area contributed by atoms with Crippen molar-refractivity contribution in [2.45, 2.75) is 52.9 Å². The van der Waals surface area contributed by atoms with Crippen LogP contribution in [0, 0.1) is 11.3 Å². The van der Waals surface area contributed by atoms with Crippen LogP contribution in [0.1, 0.15) is 52.9 Å². The second-order valence-corrected chi connectivity index (χ2v) is 4.34. The lowest BCUT2D eigenvalue weighted by Gasteiger charge is -2.44. The van der Waals surface area contributed by atoms with Gasteiger partial charge >= 0.3 is 0 Å². The predicted octanol–water partition coefficient (Wildman–Crippen LogP) is 3.18. The first kappa shape index (κ1) is 9.76. The first-order chi connectivity index (χ1) is 5.63. The standard InChI is InChI=1S/C11H20O/c1-4-6-10(12)11(9(2)3)7-5-8-11/h9H,4-8H2,1-3H3. The zero-order valence-corrected chi connectivity index (χ0v) is 8.52. The number of carbonyl (C=O) groups excluding carboxylic acids is 1. The van der Waals surface area contributed by atoms with E-state index in [-0.39, 0.29) is 5.41 Å². The highest BCUT2D eigenvalue weighted by Gasteiger charge is 2.45. The van der Waals surface area contributed by atoms with Gasteiger partial charge in [0.25, 0.3) is 0 Å². The summed E-state index contributed by atoms with van der Waals surface area (Å²) in [5.74, 6) is 1.07. The molecule has 0 aromatic heterocycles. The van der Waals surface area contributed by atoms with Gasteiger partial charge < -0.3 is 0 Å². The Morgan fingerprint density at radius 2 is 2.00 bits per heavy atom. The molecule has 0 aromatic carbocycles. The molecule has 1 rings (SSSR count). The van der Waals surface area contributed by atoms with Crippen molar-refractivity contribution in [2.24, 2.45) is 11.3 Å². The Morgan fingerprint density at radius 1 is 1.42 bits per heavy atom. The van der Waals surface area contributed by atoms with Crippen LogP contribution < -0.4 is 0 Å². The third kappa shape index (κ3) is 1.41. The topological polar surface area (TPSA) is 17.1 Å². The summed E-state index contributed by atoms with van der Waals surface area (Å²) in [4.78, 5) is 11.8. The van der Waals surface area contributed by atoms with Crippen molar-refractivity contribution in [3.63, 3.8) is 0 Å². The van der Waals surface area contributed by atoms with Crippen LogP contribution in [-0.2, 0) is 4.79 Å². The SMILES string of the molecule is CCCC(=O)C1(C(C)C)CCC1. The molecule has 0 radical (unpaired) electrons. The predicted molar refractivity (Wildman–Crippen MR) is 51.0 cm³/mol. The molecule has 0 amide bonds. The smallest absolute Gasteiger partial charge is 0.139 e. The Bertz CT molecular complexity index is 166. The molecule has 1 heteroatoms. The van der Waals surface area contributed by atoms with Crippen LogP contribution >= 0.6 is 0 Å². The van der Waals surface area contributed by atoms with Gasteiger partial charge in [0.15, 0.2) is 0 Å². The Balaban J connectivity index is 2.60. The maximum Gasteiger partial charge on any atom is 0.139 e. The number of ketones is 1. The van der Waals surface area contributed by atoms with Crippen LogP contribution in [-0.4, -0.2) is 5.78 Å². The van der Waals surface area contributed by atoms with Crippen molar-refractivity contribution in [3.8, 4) is 0 Å². The molecule has 0 spiro atoms. The molecule has 0 aliphatic heterocycles. The van der Waals surface area contributed by atoms with Crippen molar-refractivity contribution in [2.75, 3.05) is 0 Å². The van der Waals surface area contributed by atoms with E-state index in [0.717, 1.165) is 25.7 Å². The minimum atomic E-state index is 0.0933. The number of carbonyl (C=O) groups is 1. The molecular formula is C11H20O. The molecule has 1 aliphatic carbocycles. The fraction of sp³-hybridized carbons (Fsp3) is 0.909. The molecule has 0 aromatic rings. The van der Waals surface area contributed by atoms with Crippen LogP contribution in [0.3, 0.4) is 0 Å². The van der Waals surface area contributed by atoms with Gasteiger partial charge in [-0.1, -0.05) is 27.2 Å². The molecular weight excluding hydrogens is 148 g/mol. The normalized spacial score (nSPS) is 20.7. The second kappa shape index (κ2) is 3.59. The summed E-state index contributed by atoms with van der Waals surface area (Å²) >= 11 is 0. The van der Waals surface area contributed by atoms with Crippen LogP contribution in [0.25, 0.3) is 0 Å². The maximum atomic E-state index is 11.8. The molecule has 0 N–H and O–H groups in total. The first-order valence-corrected chi connectivity index (χ1v) is 5.17. The second-order valence-electron chi connectivity index (χ2n) is 4.34. The van der Waals surface area contributed by atoms with E-state index in [2.05, 4.69) is 20.8 Å². The third-order valence-electron chi connectivity index (χ3n) is 3.38. The van der Waals surface area contributed by atoms with E-state index in [4.69, 9.17) is 0 Å². The minimum absolute atomic E-state index is 0.0933. The van der Waals surface area contributed by atoms with Gasteiger partial charge in [0.2, 0.25) is 0 Å². The van der Waals surface area contributed by atoms with Gasteiger partial charge in [0, 0.05) is 11.8 Å². The highest BCUT2D eigenvalue weighted by molar-refractivity contribution is 5.85. The van der Waals surface area contributed by atoms with E-state index < -0.39 is 0 Å². The molecule has 0 atom stereocenters. The summed E-state index contributed by atoms with van der Waals surface area (Å²) in [7, 11) is 0. The quantitative estimate of drug-likeness (QED) is 0.630. The molecule has 0 bridgehead atoms. The average molecular weight is 168 g/mol. The lowest BCUT2D eigenvalue weighted by atomic mass is 9.59. The van der Waals surface area contributed by atoms with Gasteiger partial charge in [0.05, 0.1) is 0 Å². The molecule has 0 saturated heterocycles. The van der Waals surface area contributed by atoms with Crippen LogP contribution in [0.15, 0.2) is 0 Å². The van der Waals surface area contributed by atoms with Crippen molar-refractivity contribution in [1.82, 2.24) is 0 Å². The van der Waals surface area contributed by atoms with Gasteiger partial charge in [0.1, 0.15) is 5.78 Å². The Hall–Kier alpha value is -0.330. The van der Waals surface area contributed by atoms with E-state index in [0.29, 0.717) is 11.7 Å². The van der Waals surface area contributed by atoms with Gasteiger partial charge in [-0.05, 0) is 25.2 Å². The Morgan fingerprint density at radius 3 is 2.25 bits per heavy atom. The summed E-state index contributed by atoms with van der Waals surface area (Å²) in [6, 6.07) is 0. The van der Waals surface area contributed by atoms with Crippen LogP contribution in [0.2, 0.25) is 0 Å². The van der Waals surface area contributed by atoms with Gasteiger partial charge in [-0.3, -0.25) is 4.79 Å². The van der Waals surface area contributed by atoms with E-state index in [1.165, 1.54) is 6.42 Å². The number of hydrogen-bond donors (Lipinski definition) is 0. The zero-order chi connectivity index (χ0) is 9.19. The fourth-order valence-corrected chi connectivity index (χ4v) is 2.21. The lowest BCUT2D eigenvalue weighted by molar-refractivity contribution is -0.137. The molecule has 1 saturated carbocycles. The lowest BCUT2D eigenvalue weighted by Crippen LogP contribution is -2.42. The van der Waals surface area contributed by atoms with Crippen LogP contribution in [0.5, 0.6) is 0 Å². The largest absolute Gasteiger partial charge is 0.299 e. The zero-order valence-electron chi connectivity index (χ0n) is 8.52. The van der Waals surface area contributed by atoms with E-state index in [1.54, 1.807) is 0 Å². The summed E-state index contributed by atoms with van der Waals surface area (Å²) in [5, 5.41) is 0. The Labute approximate surface area is 75.5 Å². The molecule has 0 heterocycles. The summed E-state index contributed by atoms with van der Waals surface area (Å²) in [6.07, 6.45) is 5.34. The van der Waals surface area contributed by atoms with Crippen molar-refractivity contribution >= 4 is 5.78 Å². The maximum absolute atomic E-state index is 11.8. The Kier molecular flexibility index (Phi) is 2.92. The molecule has 70 valence electrons. The van der Waals surface area contributed by atoms with E-state index >= 15 is 0 Å².